The minimum atomic E-state index is 0.733. The predicted molar refractivity (Wildman–Crippen MR) is 53.2 cm³/mol. The van der Waals surface area contributed by atoms with Crippen LogP contribution in [-0.2, 0) is 0 Å². The molecule has 0 heterocycles. The van der Waals surface area contributed by atoms with Crippen molar-refractivity contribution >= 4 is 0 Å². The van der Waals surface area contributed by atoms with Crippen LogP contribution in [0.5, 0.6) is 0 Å². The maximum atomic E-state index is 5.64. The Morgan fingerprint density at radius 1 is 1.33 bits per heavy atom. The zero-order valence-electron chi connectivity index (χ0n) is 8.43. The summed E-state index contributed by atoms with van der Waals surface area (Å²) in [6, 6.07) is 0. The Morgan fingerprint density at radius 2 is 1.83 bits per heavy atom. The van der Waals surface area contributed by atoms with Gasteiger partial charge in [0.1, 0.15) is 5.82 Å². The molecule has 3 N–H and O–H groups in total. The molecule has 0 spiro atoms. The van der Waals surface area contributed by atoms with Crippen LogP contribution in [0.1, 0.15) is 33.6 Å². The molecule has 0 amide bonds. The van der Waals surface area contributed by atoms with Gasteiger partial charge in [0.15, 0.2) is 0 Å². The van der Waals surface area contributed by atoms with Crippen molar-refractivity contribution in [2.45, 2.75) is 33.6 Å². The van der Waals surface area contributed by atoms with Crippen molar-refractivity contribution in [1.29, 1.82) is 0 Å². The summed E-state index contributed by atoms with van der Waals surface area (Å²) < 4.78 is 0. The molecule has 0 aromatic rings. The fraction of sp³-hybridized carbons (Fsp3) is 0.778. The van der Waals surface area contributed by atoms with Crippen LogP contribution in [0.25, 0.3) is 0 Å². The first-order valence-corrected chi connectivity index (χ1v) is 4.67. The van der Waals surface area contributed by atoms with Crippen molar-refractivity contribution in [3.63, 3.8) is 0 Å². The van der Waals surface area contributed by atoms with E-state index >= 15 is 0 Å². The van der Waals surface area contributed by atoms with Gasteiger partial charge in [0.05, 0.1) is 0 Å². The average molecular weight is 171 g/mol. The van der Waals surface area contributed by atoms with E-state index < -0.39 is 0 Å². The predicted octanol–water partition coefficient (Wildman–Crippen LogP) is 1.43. The van der Waals surface area contributed by atoms with Gasteiger partial charge in [0.25, 0.3) is 0 Å². The molecule has 0 aromatic heterocycles. The Morgan fingerprint density at radius 3 is 2.17 bits per heavy atom. The lowest BCUT2D eigenvalue weighted by atomic mass is 10.4. The fourth-order valence-corrected chi connectivity index (χ4v) is 1.01. The van der Waals surface area contributed by atoms with E-state index in [1.807, 2.05) is 13.0 Å². The summed E-state index contributed by atoms with van der Waals surface area (Å²) in [6.07, 6.45) is 4.16. The molecule has 0 aliphatic carbocycles. The van der Waals surface area contributed by atoms with E-state index in [9.17, 15) is 0 Å². The topological polar surface area (TPSA) is 41.3 Å². The Bertz CT molecular complexity index is 126. The summed E-state index contributed by atoms with van der Waals surface area (Å²) in [6.45, 7) is 8.34. The van der Waals surface area contributed by atoms with Crippen LogP contribution in [0.3, 0.4) is 0 Å². The van der Waals surface area contributed by atoms with Crippen molar-refractivity contribution in [3.8, 4) is 0 Å². The Kier molecular flexibility index (Phi) is 6.57. The standard InChI is InChI=1S/C9H21N3/c1-4-7-12(8-5-2)11-9(10)6-3/h6,11H,4-5,7-8,10H2,1-3H3. The molecule has 72 valence electrons. The van der Waals surface area contributed by atoms with E-state index in [0.717, 1.165) is 31.8 Å². The van der Waals surface area contributed by atoms with Crippen molar-refractivity contribution in [1.82, 2.24) is 10.4 Å². The van der Waals surface area contributed by atoms with Crippen LogP contribution in [-0.4, -0.2) is 18.1 Å². The van der Waals surface area contributed by atoms with E-state index in [4.69, 9.17) is 5.73 Å². The van der Waals surface area contributed by atoms with Gasteiger partial charge in [0, 0.05) is 13.1 Å². The first-order chi connectivity index (χ1) is 5.74. The highest BCUT2D eigenvalue weighted by molar-refractivity contribution is 4.89. The smallest absolute Gasteiger partial charge is 0.106 e. The second kappa shape index (κ2) is 6.98. The zero-order valence-corrected chi connectivity index (χ0v) is 8.43. The highest BCUT2D eigenvalue weighted by Crippen LogP contribution is 1.91. The number of hydrogen-bond donors (Lipinski definition) is 2. The van der Waals surface area contributed by atoms with Gasteiger partial charge in [0.2, 0.25) is 0 Å². The third-order valence-electron chi connectivity index (χ3n) is 1.59. The molecule has 3 nitrogen and oxygen atoms in total. The molecule has 0 unspecified atom stereocenters. The van der Waals surface area contributed by atoms with Gasteiger partial charge in [-0.25, -0.2) is 5.01 Å². The minimum absolute atomic E-state index is 0.733. The van der Waals surface area contributed by atoms with Crippen LogP contribution < -0.4 is 11.2 Å². The summed E-state index contributed by atoms with van der Waals surface area (Å²) in [4.78, 5) is 0. The summed E-state index contributed by atoms with van der Waals surface area (Å²) in [5.74, 6) is 0.733. The lowest BCUT2D eigenvalue weighted by Gasteiger charge is -2.22. The summed E-state index contributed by atoms with van der Waals surface area (Å²) >= 11 is 0. The molecule has 0 aliphatic rings. The monoisotopic (exact) mass is 171 g/mol. The molecule has 3 heteroatoms. The SMILES string of the molecule is CC=C(N)NN(CCC)CCC. The number of allylic oxidation sites excluding steroid dienone is 1. The van der Waals surface area contributed by atoms with E-state index in [-0.39, 0.29) is 0 Å². The maximum Gasteiger partial charge on any atom is 0.106 e. The maximum absolute atomic E-state index is 5.64. The number of rotatable bonds is 6. The third kappa shape index (κ3) is 5.02. The number of hydrazine groups is 1. The minimum Gasteiger partial charge on any atom is -0.385 e. The Hall–Kier alpha value is -0.700. The lowest BCUT2D eigenvalue weighted by molar-refractivity contribution is 0.211. The van der Waals surface area contributed by atoms with Crippen molar-refractivity contribution in [2.24, 2.45) is 5.73 Å². The van der Waals surface area contributed by atoms with Crippen molar-refractivity contribution in [2.75, 3.05) is 13.1 Å². The third-order valence-corrected chi connectivity index (χ3v) is 1.59. The van der Waals surface area contributed by atoms with Crippen LogP contribution >= 0.6 is 0 Å². The summed E-state index contributed by atoms with van der Waals surface area (Å²) in [5.41, 5.74) is 8.78. The van der Waals surface area contributed by atoms with Crippen LogP contribution in [0.15, 0.2) is 11.9 Å². The van der Waals surface area contributed by atoms with Gasteiger partial charge in [-0.2, -0.15) is 0 Å². The molecule has 0 aromatic carbocycles. The highest BCUT2D eigenvalue weighted by atomic mass is 15.5. The second-order valence-corrected chi connectivity index (χ2v) is 2.84. The molecule has 0 atom stereocenters. The molecular formula is C9H21N3. The molecule has 12 heavy (non-hydrogen) atoms. The van der Waals surface area contributed by atoms with E-state index in [1.54, 1.807) is 0 Å². The largest absolute Gasteiger partial charge is 0.385 e. The first-order valence-electron chi connectivity index (χ1n) is 4.67. The molecule has 0 saturated heterocycles. The van der Waals surface area contributed by atoms with Gasteiger partial charge in [-0.05, 0) is 25.8 Å². The molecule has 0 bridgehead atoms. The van der Waals surface area contributed by atoms with Gasteiger partial charge in [-0.15, -0.1) is 0 Å². The van der Waals surface area contributed by atoms with Gasteiger partial charge in [-0.3, -0.25) is 0 Å². The molecule has 0 radical (unpaired) electrons. The highest BCUT2D eigenvalue weighted by Gasteiger charge is 2.00. The quantitative estimate of drug-likeness (QED) is 0.594. The second-order valence-electron chi connectivity index (χ2n) is 2.84. The number of nitrogens with two attached hydrogens (primary N) is 1. The lowest BCUT2D eigenvalue weighted by Crippen LogP contribution is -2.40. The number of hydrogen-bond acceptors (Lipinski definition) is 3. The Balaban J connectivity index is 3.77. The van der Waals surface area contributed by atoms with E-state index in [2.05, 4.69) is 24.3 Å². The average Bonchev–Trinajstić information content (AvgIpc) is 2.05. The molecular weight excluding hydrogens is 150 g/mol. The number of nitrogens with one attached hydrogen (secondary N) is 1. The zero-order chi connectivity index (χ0) is 9.40. The van der Waals surface area contributed by atoms with Crippen LogP contribution in [0.4, 0.5) is 0 Å². The molecule has 0 saturated carbocycles. The molecule has 0 rings (SSSR count). The normalized spacial score (nSPS) is 12.2. The van der Waals surface area contributed by atoms with Crippen molar-refractivity contribution in [3.05, 3.63) is 11.9 Å². The Labute approximate surface area is 75.6 Å². The van der Waals surface area contributed by atoms with Crippen LogP contribution in [0, 0.1) is 0 Å². The van der Waals surface area contributed by atoms with E-state index in [0.29, 0.717) is 0 Å². The van der Waals surface area contributed by atoms with E-state index in [1.165, 1.54) is 0 Å². The summed E-state index contributed by atoms with van der Waals surface area (Å²) in [7, 11) is 0. The van der Waals surface area contributed by atoms with Crippen LogP contribution in [0.2, 0.25) is 0 Å². The van der Waals surface area contributed by atoms with Gasteiger partial charge < -0.3 is 11.2 Å². The summed E-state index contributed by atoms with van der Waals surface area (Å²) in [5, 5.41) is 2.15. The number of nitrogens with zero attached hydrogens (tertiary/aromatic N) is 1. The molecule has 0 fully saturated rings. The fourth-order valence-electron chi connectivity index (χ4n) is 1.01. The van der Waals surface area contributed by atoms with Crippen molar-refractivity contribution < 1.29 is 0 Å². The van der Waals surface area contributed by atoms with Gasteiger partial charge >= 0.3 is 0 Å². The van der Waals surface area contributed by atoms with Gasteiger partial charge in [-0.1, -0.05) is 13.8 Å². The molecule has 0 aliphatic heterocycles. The first kappa shape index (κ1) is 11.3.